The van der Waals surface area contributed by atoms with Gasteiger partial charge in [0.25, 0.3) is 0 Å². The van der Waals surface area contributed by atoms with Crippen molar-refractivity contribution in [1.82, 2.24) is 4.98 Å². The molecule has 1 heterocycles. The van der Waals surface area contributed by atoms with E-state index in [9.17, 15) is 0 Å². The fourth-order valence-corrected chi connectivity index (χ4v) is 3.11. The molecule has 0 fully saturated rings. The minimum Gasteiger partial charge on any atom is -0.531 e. The van der Waals surface area contributed by atoms with Gasteiger partial charge in [-0.3, -0.25) is 11.6 Å². The van der Waals surface area contributed by atoms with Gasteiger partial charge in [0.05, 0.1) is 5.52 Å². The summed E-state index contributed by atoms with van der Waals surface area (Å²) in [5.74, 6) is 0.250. The van der Waals surface area contributed by atoms with Crippen LogP contribution in [0.3, 0.4) is 0 Å². The molecule has 1 radical (unpaired) electrons. The number of aliphatic hydroxyl groups excluding tert-OH is 1. The van der Waals surface area contributed by atoms with Gasteiger partial charge in [0.15, 0.2) is 0 Å². The van der Waals surface area contributed by atoms with Gasteiger partial charge in [0, 0.05) is 31.3 Å². The number of aromatic nitrogens is 1. The summed E-state index contributed by atoms with van der Waals surface area (Å²) >= 11 is 0. The maximum Gasteiger partial charge on any atom is 0.0600 e. The molecule has 0 spiro atoms. The molecule has 28 heavy (non-hydrogen) atoms. The van der Waals surface area contributed by atoms with Crippen molar-refractivity contribution in [2.45, 2.75) is 41.5 Å². The van der Waals surface area contributed by atoms with E-state index in [0.29, 0.717) is 5.57 Å². The van der Waals surface area contributed by atoms with Crippen LogP contribution in [0.2, 0.25) is 0 Å². The minimum atomic E-state index is 0. The van der Waals surface area contributed by atoms with Gasteiger partial charge >= 0.3 is 0 Å². The van der Waals surface area contributed by atoms with Gasteiger partial charge in [-0.25, -0.2) is 5.57 Å². The maximum atomic E-state index is 8.48. The number of rotatable bonds is 2. The standard InChI is InChI=1S/C19H18N.C6H9O.Ir/c1-12-7-13(2)10-16(9-12)18-6-5-17-15(4)8-14(3)11-19(17)20-18;1-5(2)4-6(3)7;/h5-9,11H,1-4H3;1,4,7H,2-3H3;/q2*-1;/b;6-4-;. The van der Waals surface area contributed by atoms with E-state index in [1.54, 1.807) is 13.8 Å². The number of aliphatic hydroxyl groups is 1. The van der Waals surface area contributed by atoms with Crippen LogP contribution in [0.1, 0.15) is 36.1 Å². The molecule has 0 aliphatic carbocycles. The molecule has 0 unspecified atom stereocenters. The predicted molar refractivity (Wildman–Crippen MR) is 115 cm³/mol. The molecule has 3 aromatic rings. The summed E-state index contributed by atoms with van der Waals surface area (Å²) in [6, 6.07) is 16.3. The molecule has 3 heteroatoms. The number of nitrogens with zero attached hydrogens (tertiary/aromatic N) is 1. The van der Waals surface area contributed by atoms with Crippen LogP contribution in [0.4, 0.5) is 0 Å². The topological polar surface area (TPSA) is 33.1 Å². The summed E-state index contributed by atoms with van der Waals surface area (Å²) in [5.41, 5.74) is 8.69. The summed E-state index contributed by atoms with van der Waals surface area (Å²) in [6.07, 6.45) is 1.50. The van der Waals surface area contributed by atoms with E-state index >= 15 is 0 Å². The van der Waals surface area contributed by atoms with E-state index in [-0.39, 0.29) is 25.9 Å². The Morgan fingerprint density at radius 1 is 1.00 bits per heavy atom. The second-order valence-electron chi connectivity index (χ2n) is 7.13. The van der Waals surface area contributed by atoms with Crippen LogP contribution >= 0.6 is 0 Å². The van der Waals surface area contributed by atoms with Gasteiger partial charge in [-0.1, -0.05) is 39.0 Å². The first-order chi connectivity index (χ1) is 12.7. The normalized spacial score (nSPS) is 10.7. The van der Waals surface area contributed by atoms with Crippen LogP contribution in [-0.2, 0) is 20.1 Å². The van der Waals surface area contributed by atoms with Crippen molar-refractivity contribution in [1.29, 1.82) is 0 Å². The Hall–Kier alpha value is -2.22. The Bertz CT molecular complexity index is 994. The number of hydrogen-bond acceptors (Lipinski definition) is 2. The molecule has 1 aromatic heterocycles. The Morgan fingerprint density at radius 2 is 1.64 bits per heavy atom. The van der Waals surface area contributed by atoms with Crippen molar-refractivity contribution >= 4 is 10.9 Å². The smallest absolute Gasteiger partial charge is 0.0600 e. The molecule has 0 amide bonds. The van der Waals surface area contributed by atoms with Gasteiger partial charge in [-0.15, -0.1) is 34.9 Å². The fourth-order valence-electron chi connectivity index (χ4n) is 3.11. The SMILES string of the molecule is Cc1[c-]c(-c2ccc3c(C)cc(C)cc3n2)cc(C)c1.[CH-]=C(C)/C=C(/C)O.[Ir]. The van der Waals surface area contributed by atoms with Gasteiger partial charge in [-0.2, -0.15) is 6.08 Å². The van der Waals surface area contributed by atoms with Crippen molar-refractivity contribution < 1.29 is 25.2 Å². The molecule has 3 rings (SSSR count). The van der Waals surface area contributed by atoms with Gasteiger partial charge in [0.2, 0.25) is 0 Å². The van der Waals surface area contributed by atoms with Crippen molar-refractivity contribution in [3.63, 3.8) is 0 Å². The van der Waals surface area contributed by atoms with Gasteiger partial charge in [0.1, 0.15) is 0 Å². The predicted octanol–water partition coefficient (Wildman–Crippen LogP) is 6.76. The maximum absolute atomic E-state index is 8.48. The first kappa shape index (κ1) is 23.8. The summed E-state index contributed by atoms with van der Waals surface area (Å²) in [5, 5.41) is 9.71. The van der Waals surface area contributed by atoms with E-state index in [4.69, 9.17) is 16.7 Å². The van der Waals surface area contributed by atoms with E-state index in [1.807, 2.05) is 0 Å². The quantitative estimate of drug-likeness (QED) is 0.218. The summed E-state index contributed by atoms with van der Waals surface area (Å²) < 4.78 is 0. The van der Waals surface area contributed by atoms with Crippen LogP contribution < -0.4 is 0 Å². The van der Waals surface area contributed by atoms with Crippen LogP contribution in [0, 0.1) is 40.3 Å². The molecule has 1 N–H and O–H groups in total. The summed E-state index contributed by atoms with van der Waals surface area (Å²) in [7, 11) is 0. The number of allylic oxidation sites excluding steroid dienone is 3. The molecule has 0 aliphatic rings. The zero-order valence-electron chi connectivity index (χ0n) is 17.3. The Labute approximate surface area is 182 Å². The molecule has 2 aromatic carbocycles. The first-order valence-corrected chi connectivity index (χ1v) is 9.01. The average Bonchev–Trinajstić information content (AvgIpc) is 2.52. The molecule has 2 nitrogen and oxygen atoms in total. The second kappa shape index (κ2) is 10.4. The zero-order valence-corrected chi connectivity index (χ0v) is 19.7. The van der Waals surface area contributed by atoms with Crippen LogP contribution in [0.25, 0.3) is 22.2 Å². The number of pyridine rings is 1. The van der Waals surface area contributed by atoms with Crippen LogP contribution in [0.5, 0.6) is 0 Å². The average molecular weight is 550 g/mol. The Kier molecular flexibility index (Phi) is 8.81. The monoisotopic (exact) mass is 550 g/mol. The van der Waals surface area contributed by atoms with Crippen LogP contribution in [-0.4, -0.2) is 10.1 Å². The third-order valence-corrected chi connectivity index (χ3v) is 4.02. The zero-order chi connectivity index (χ0) is 20.1. The van der Waals surface area contributed by atoms with Gasteiger partial charge < -0.3 is 5.11 Å². The summed E-state index contributed by atoms with van der Waals surface area (Å²) in [6.45, 7) is 16.9. The molecule has 0 atom stereocenters. The van der Waals surface area contributed by atoms with E-state index in [0.717, 1.165) is 22.3 Å². The molecular formula is C25H27IrNO-2. The first-order valence-electron chi connectivity index (χ1n) is 9.01. The van der Waals surface area contributed by atoms with Crippen molar-refractivity contribution in [2.75, 3.05) is 0 Å². The van der Waals surface area contributed by atoms with E-state index in [1.165, 1.54) is 28.2 Å². The van der Waals surface area contributed by atoms with Crippen molar-refractivity contribution in [3.8, 4) is 11.3 Å². The fraction of sp³-hybridized carbons (Fsp3) is 0.240. The minimum absolute atomic E-state index is 0. The molecule has 0 saturated heterocycles. The Balaban J connectivity index is 0.000000425. The molecule has 0 aliphatic heterocycles. The summed E-state index contributed by atoms with van der Waals surface area (Å²) in [4.78, 5) is 4.82. The second-order valence-corrected chi connectivity index (χ2v) is 7.13. The number of aryl methyl sites for hydroxylation is 4. The van der Waals surface area contributed by atoms with Gasteiger partial charge in [-0.05, 0) is 43.7 Å². The van der Waals surface area contributed by atoms with Crippen LogP contribution in [0.15, 0.2) is 53.8 Å². The molecular weight excluding hydrogens is 522 g/mol. The number of fused-ring (bicyclic) bond motifs is 1. The van der Waals surface area contributed by atoms with E-state index < -0.39 is 0 Å². The molecule has 0 bridgehead atoms. The molecule has 149 valence electrons. The largest absolute Gasteiger partial charge is 0.531 e. The van der Waals surface area contributed by atoms with E-state index in [2.05, 4.69) is 70.2 Å². The third kappa shape index (κ3) is 6.74. The Morgan fingerprint density at radius 3 is 2.18 bits per heavy atom. The molecule has 0 saturated carbocycles. The van der Waals surface area contributed by atoms with Crippen molar-refractivity contribution in [3.05, 3.63) is 88.7 Å². The number of hydrogen-bond donors (Lipinski definition) is 1. The van der Waals surface area contributed by atoms with Crippen molar-refractivity contribution in [2.24, 2.45) is 0 Å². The number of benzene rings is 2. The third-order valence-electron chi connectivity index (χ3n) is 4.02.